The fraction of sp³-hybridized carbons (Fsp3) is 0.414. The van der Waals surface area contributed by atoms with Gasteiger partial charge in [0, 0.05) is 25.2 Å². The normalized spacial score (nSPS) is 19.9. The van der Waals surface area contributed by atoms with E-state index in [1.54, 1.807) is 15.5 Å². The Hall–Kier alpha value is -4.43. The van der Waals surface area contributed by atoms with Gasteiger partial charge in [0.2, 0.25) is 5.43 Å². The molecule has 0 spiro atoms. The van der Waals surface area contributed by atoms with Crippen LogP contribution in [0, 0.1) is 11.6 Å². The molecule has 228 valence electrons. The Morgan fingerprint density at radius 3 is 2.44 bits per heavy atom. The molecule has 14 heteroatoms. The van der Waals surface area contributed by atoms with Gasteiger partial charge in [-0.15, -0.1) is 0 Å². The van der Waals surface area contributed by atoms with E-state index < -0.39 is 41.0 Å². The highest BCUT2D eigenvalue weighted by Crippen LogP contribution is 2.39. The average molecular weight is 602 g/mol. The molecule has 0 unspecified atom stereocenters. The number of piperidine rings is 1. The molecule has 3 fully saturated rings. The maximum atomic E-state index is 15.3. The maximum Gasteiger partial charge on any atom is 0.511 e. The monoisotopic (exact) mass is 601 g/mol. The number of amides is 1. The molecule has 12 nitrogen and oxygen atoms in total. The van der Waals surface area contributed by atoms with Crippen molar-refractivity contribution in [2.45, 2.75) is 43.4 Å². The lowest BCUT2D eigenvalue weighted by Crippen LogP contribution is -2.48. The number of cyclic esters (lactones) is 1. The van der Waals surface area contributed by atoms with E-state index in [2.05, 4.69) is 4.74 Å². The summed E-state index contributed by atoms with van der Waals surface area (Å²) in [4.78, 5) is 38.8. The predicted octanol–water partition coefficient (Wildman–Crippen LogP) is 3.40. The van der Waals surface area contributed by atoms with Crippen molar-refractivity contribution in [3.05, 3.63) is 58.4 Å². The number of aliphatic hydroxyl groups excluding tert-OH is 1. The molecule has 1 atom stereocenters. The number of carbonyl (C=O) groups is 2. The van der Waals surface area contributed by atoms with Crippen molar-refractivity contribution in [1.82, 2.24) is 4.57 Å². The molecule has 6 rings (SSSR count). The molecule has 1 saturated carbocycles. The third-order valence-electron chi connectivity index (χ3n) is 8.04. The van der Waals surface area contributed by atoms with Crippen LogP contribution in [0.1, 0.15) is 31.7 Å². The molecule has 1 aromatic heterocycles. The average Bonchev–Trinajstić information content (AvgIpc) is 3.75. The second-order valence-corrected chi connectivity index (χ2v) is 11.1. The summed E-state index contributed by atoms with van der Waals surface area (Å²) in [5, 5.41) is 29.3. The molecule has 2 aromatic carbocycles. The highest BCUT2D eigenvalue weighted by Gasteiger charge is 2.36. The number of rotatable bonds is 8. The van der Waals surface area contributed by atoms with E-state index in [1.807, 2.05) is 0 Å². The second kappa shape index (κ2) is 11.0. The molecule has 1 amide bonds. The van der Waals surface area contributed by atoms with Gasteiger partial charge >= 0.3 is 12.2 Å². The van der Waals surface area contributed by atoms with Crippen LogP contribution in [-0.4, -0.2) is 76.7 Å². The summed E-state index contributed by atoms with van der Waals surface area (Å²) in [6.45, 7) is 0.0221. The van der Waals surface area contributed by atoms with Crippen molar-refractivity contribution < 1.29 is 47.9 Å². The van der Waals surface area contributed by atoms with Crippen molar-refractivity contribution in [2.75, 3.05) is 42.6 Å². The topological polar surface area (TPSA) is 151 Å². The lowest BCUT2D eigenvalue weighted by molar-refractivity contribution is -0.0250. The SMILES string of the molecule is O=C(O)Oc1cn(C2CC2)c2cc(N3CCC(O)(COc4ccc(N5C[C@H](CO)OC5=O)cc4F)CC3)c(F)cc2c1=O. The number of carboxylic acid groups (broad SMARTS) is 1. The zero-order valence-corrected chi connectivity index (χ0v) is 22.9. The Kier molecular flexibility index (Phi) is 7.34. The van der Waals surface area contributed by atoms with E-state index in [0.717, 1.165) is 25.0 Å². The van der Waals surface area contributed by atoms with E-state index in [4.69, 9.17) is 14.6 Å². The standard InChI is InChI=1S/C29H29F2N3O9/c30-20-10-19-22(33(16-1-2-16)13-25(26(19)36)43-28(38)39)11-23(20)32-7-5-29(40,6-8-32)15-41-24-4-3-17(9-21(24)31)34-12-18(14-35)42-27(34)37/h3-4,9-11,13,16,18,35,40H,1-2,5-8,12,14-15H2,(H,38,39)/t18-/m1/s1. The van der Waals surface area contributed by atoms with Gasteiger partial charge in [-0.25, -0.2) is 18.4 Å². The van der Waals surface area contributed by atoms with Gasteiger partial charge in [0.05, 0.1) is 41.6 Å². The van der Waals surface area contributed by atoms with Crippen LogP contribution < -0.4 is 24.7 Å². The first-order valence-electron chi connectivity index (χ1n) is 13.8. The largest absolute Gasteiger partial charge is 0.511 e. The fourth-order valence-corrected chi connectivity index (χ4v) is 5.52. The third-order valence-corrected chi connectivity index (χ3v) is 8.04. The molecular weight excluding hydrogens is 572 g/mol. The molecule has 1 aliphatic carbocycles. The van der Waals surface area contributed by atoms with Gasteiger partial charge in [-0.3, -0.25) is 9.69 Å². The minimum atomic E-state index is -1.63. The minimum absolute atomic E-state index is 0.0108. The number of hydrogen-bond donors (Lipinski definition) is 3. The van der Waals surface area contributed by atoms with Gasteiger partial charge in [-0.1, -0.05) is 0 Å². The number of anilines is 2. The highest BCUT2D eigenvalue weighted by molar-refractivity contribution is 5.90. The number of nitrogens with zero attached hydrogens (tertiary/aromatic N) is 3. The van der Waals surface area contributed by atoms with Crippen molar-refractivity contribution in [1.29, 1.82) is 0 Å². The Morgan fingerprint density at radius 2 is 1.81 bits per heavy atom. The molecule has 3 heterocycles. The van der Waals surface area contributed by atoms with Crippen LogP contribution >= 0.6 is 0 Å². The summed E-state index contributed by atoms with van der Waals surface area (Å²) < 4.78 is 47.1. The molecule has 2 saturated heterocycles. The number of fused-ring (bicyclic) bond motifs is 1. The van der Waals surface area contributed by atoms with Crippen LogP contribution in [0.15, 0.2) is 41.3 Å². The molecule has 3 aromatic rings. The van der Waals surface area contributed by atoms with Gasteiger partial charge in [0.1, 0.15) is 24.1 Å². The summed E-state index contributed by atoms with van der Waals surface area (Å²) in [5.41, 5.74) is -1.10. The number of ether oxygens (including phenoxy) is 3. The predicted molar refractivity (Wildman–Crippen MR) is 148 cm³/mol. The number of pyridine rings is 1. The number of hydrogen-bond acceptors (Lipinski definition) is 9. The fourth-order valence-electron chi connectivity index (χ4n) is 5.52. The van der Waals surface area contributed by atoms with E-state index in [1.165, 1.54) is 23.2 Å². The molecule has 0 radical (unpaired) electrons. The Bertz CT molecular complexity index is 1650. The van der Waals surface area contributed by atoms with Crippen LogP contribution in [0.4, 0.5) is 29.7 Å². The molecule has 2 aliphatic heterocycles. The van der Waals surface area contributed by atoms with Crippen LogP contribution in [0.25, 0.3) is 10.9 Å². The van der Waals surface area contributed by atoms with Crippen LogP contribution in [-0.2, 0) is 4.74 Å². The van der Waals surface area contributed by atoms with Gasteiger partial charge in [-0.2, -0.15) is 0 Å². The Morgan fingerprint density at radius 1 is 1.07 bits per heavy atom. The van der Waals surface area contributed by atoms with Gasteiger partial charge in [-0.05, 0) is 49.9 Å². The Balaban J connectivity index is 1.14. The summed E-state index contributed by atoms with van der Waals surface area (Å²) in [6, 6.07) is 6.63. The zero-order valence-electron chi connectivity index (χ0n) is 22.9. The number of aliphatic hydroxyl groups is 2. The van der Waals surface area contributed by atoms with Gasteiger partial charge < -0.3 is 39.0 Å². The minimum Gasteiger partial charge on any atom is -0.488 e. The van der Waals surface area contributed by atoms with Gasteiger partial charge in [0.25, 0.3) is 0 Å². The molecular formula is C29H29F2N3O9. The van der Waals surface area contributed by atoms with Crippen molar-refractivity contribution in [3.63, 3.8) is 0 Å². The van der Waals surface area contributed by atoms with Crippen LogP contribution in [0.5, 0.6) is 11.5 Å². The van der Waals surface area contributed by atoms with E-state index in [-0.39, 0.29) is 80.0 Å². The molecule has 3 N–H and O–H groups in total. The summed E-state index contributed by atoms with van der Waals surface area (Å²) in [7, 11) is 0. The zero-order chi connectivity index (χ0) is 30.5. The number of aromatic nitrogens is 1. The second-order valence-electron chi connectivity index (χ2n) is 11.1. The van der Waals surface area contributed by atoms with Crippen LogP contribution in [0.3, 0.4) is 0 Å². The van der Waals surface area contributed by atoms with Crippen molar-refractivity contribution in [3.8, 4) is 11.5 Å². The van der Waals surface area contributed by atoms with Gasteiger partial charge in [0.15, 0.2) is 17.3 Å². The summed E-state index contributed by atoms with van der Waals surface area (Å²) in [6.07, 6.45) is 0.358. The molecule has 43 heavy (non-hydrogen) atoms. The summed E-state index contributed by atoms with van der Waals surface area (Å²) >= 11 is 0. The van der Waals surface area contributed by atoms with Crippen LogP contribution in [0.2, 0.25) is 0 Å². The van der Waals surface area contributed by atoms with E-state index in [0.29, 0.717) is 5.52 Å². The van der Waals surface area contributed by atoms with Crippen molar-refractivity contribution in [2.24, 2.45) is 0 Å². The number of halogens is 2. The molecule has 0 bridgehead atoms. The molecule has 3 aliphatic rings. The first-order valence-corrected chi connectivity index (χ1v) is 13.8. The third kappa shape index (κ3) is 5.67. The summed E-state index contributed by atoms with van der Waals surface area (Å²) in [5.74, 6) is -1.91. The van der Waals surface area contributed by atoms with E-state index in [9.17, 15) is 29.0 Å². The lowest BCUT2D eigenvalue weighted by atomic mass is 9.92. The quantitative estimate of drug-likeness (QED) is 0.328. The first kappa shape index (κ1) is 28.7. The smallest absolute Gasteiger partial charge is 0.488 e. The maximum absolute atomic E-state index is 15.3. The lowest BCUT2D eigenvalue weighted by Gasteiger charge is -2.39. The number of benzene rings is 2. The highest BCUT2D eigenvalue weighted by atomic mass is 19.1. The number of carbonyl (C=O) groups excluding carboxylic acids is 1. The first-order chi connectivity index (χ1) is 20.5. The Labute approximate surface area is 243 Å². The van der Waals surface area contributed by atoms with Crippen molar-refractivity contribution >= 4 is 34.5 Å². The van der Waals surface area contributed by atoms with E-state index >= 15 is 4.39 Å².